The van der Waals surface area contributed by atoms with Crippen LogP contribution >= 0.6 is 11.8 Å². The molecule has 0 aromatic heterocycles. The van der Waals surface area contributed by atoms with Gasteiger partial charge in [0.25, 0.3) is 0 Å². The maximum Gasteiger partial charge on any atom is 0.113 e. The van der Waals surface area contributed by atoms with E-state index >= 15 is 0 Å². The Bertz CT molecular complexity index is 540. The normalized spacial score (nSPS) is 9.94. The molecular weight excluding hydrogens is 248 g/mol. The average Bonchev–Trinajstić information content (AvgIpc) is 2.38. The first kappa shape index (κ1) is 12.1. The highest BCUT2D eigenvalue weighted by Crippen LogP contribution is 2.22. The highest BCUT2D eigenvalue weighted by Gasteiger charge is 2.04. The summed E-state index contributed by atoms with van der Waals surface area (Å²) in [5.74, 6) is 0. The van der Waals surface area contributed by atoms with Crippen molar-refractivity contribution in [3.05, 3.63) is 65.7 Å². The van der Waals surface area contributed by atoms with E-state index in [0.29, 0.717) is 11.3 Å². The predicted octanol–water partition coefficient (Wildman–Crippen LogP) is 3.48. The molecule has 2 aromatic carbocycles. The van der Waals surface area contributed by atoms with E-state index in [2.05, 4.69) is 0 Å². The molecule has 17 heavy (non-hydrogen) atoms. The van der Waals surface area contributed by atoms with Crippen molar-refractivity contribution in [1.82, 2.24) is 0 Å². The number of hydrogen-bond acceptors (Lipinski definition) is 2. The van der Waals surface area contributed by atoms with Gasteiger partial charge in [0.15, 0.2) is 0 Å². The Morgan fingerprint density at radius 2 is 1.59 bits per heavy atom. The molecule has 0 aliphatic heterocycles. The molecule has 1 nitrogen and oxygen atoms in total. The van der Waals surface area contributed by atoms with Crippen LogP contribution in [0.3, 0.4) is 0 Å². The molecule has 0 atom stereocenters. The van der Waals surface area contributed by atoms with Crippen LogP contribution in [0.4, 0.5) is 0 Å². The molecule has 86 valence electrons. The van der Waals surface area contributed by atoms with Gasteiger partial charge in [-0.15, -0.1) is 0 Å². The number of aryl methyl sites for hydroxylation is 1. The lowest BCUT2D eigenvalue weighted by Crippen LogP contribution is -1.94. The van der Waals surface area contributed by atoms with Crippen molar-refractivity contribution in [2.75, 3.05) is 0 Å². The zero-order valence-electron chi connectivity index (χ0n) is 9.42. The molecule has 2 rings (SSSR count). The summed E-state index contributed by atoms with van der Waals surface area (Å²) in [7, 11) is 0. The summed E-state index contributed by atoms with van der Waals surface area (Å²) < 4.78 is 12.0. The minimum Gasteiger partial charge on any atom is -0.211 e. The third-order valence-electron chi connectivity index (χ3n) is 2.32. The fraction of sp³-hybridized carbons (Fsp3) is 0.0714. The summed E-state index contributed by atoms with van der Waals surface area (Å²) >= 11 is 2.07. The number of benzene rings is 2. The zero-order chi connectivity index (χ0) is 12.1. The fourth-order valence-electron chi connectivity index (χ4n) is 1.41. The lowest BCUT2D eigenvalue weighted by molar-refractivity contribution is 0.701. The standard InChI is InChI=1S/C14H12OS2/c1-11-7-9-12(10-8-11)14(17-15)16-13-5-3-2-4-6-13/h2-10H,1H3. The lowest BCUT2D eigenvalue weighted by atomic mass is 10.2. The molecule has 0 bridgehead atoms. The predicted molar refractivity (Wildman–Crippen MR) is 75.7 cm³/mol. The van der Waals surface area contributed by atoms with Gasteiger partial charge in [-0.1, -0.05) is 59.8 Å². The SMILES string of the molecule is Cc1ccc(C(Sc2ccccc2)=S=O)cc1. The van der Waals surface area contributed by atoms with Crippen molar-refractivity contribution in [3.8, 4) is 0 Å². The fourth-order valence-corrected chi connectivity index (χ4v) is 2.83. The van der Waals surface area contributed by atoms with Crippen molar-refractivity contribution in [1.29, 1.82) is 0 Å². The van der Waals surface area contributed by atoms with Crippen LogP contribution in [0.15, 0.2) is 59.5 Å². The minimum absolute atomic E-state index is 0.553. The van der Waals surface area contributed by atoms with E-state index in [1.165, 1.54) is 17.3 Å². The quantitative estimate of drug-likeness (QED) is 0.607. The van der Waals surface area contributed by atoms with Gasteiger partial charge in [-0.25, -0.2) is 4.21 Å². The number of rotatable bonds is 2. The van der Waals surface area contributed by atoms with Gasteiger partial charge in [0.05, 0.1) is 0 Å². The van der Waals surface area contributed by atoms with Crippen LogP contribution in [0.5, 0.6) is 0 Å². The third kappa shape index (κ3) is 3.32. The Hall–Kier alpha value is -1.32. The zero-order valence-corrected chi connectivity index (χ0v) is 11.1. The van der Waals surface area contributed by atoms with E-state index in [-0.39, 0.29) is 0 Å². The number of thioether (sulfide) groups is 1. The van der Waals surface area contributed by atoms with E-state index in [1.807, 2.05) is 61.5 Å². The molecule has 2 aromatic rings. The van der Waals surface area contributed by atoms with Crippen molar-refractivity contribution in [2.45, 2.75) is 11.8 Å². The molecule has 0 heterocycles. The van der Waals surface area contributed by atoms with E-state index in [0.717, 1.165) is 14.7 Å². The maximum absolute atomic E-state index is 11.2. The largest absolute Gasteiger partial charge is 0.211 e. The van der Waals surface area contributed by atoms with Gasteiger partial charge in [-0.3, -0.25) is 0 Å². The highest BCUT2D eigenvalue weighted by molar-refractivity contribution is 8.21. The average molecular weight is 260 g/mol. The van der Waals surface area contributed by atoms with Crippen molar-refractivity contribution >= 4 is 27.2 Å². The van der Waals surface area contributed by atoms with E-state index < -0.39 is 0 Å². The molecule has 0 amide bonds. The first-order valence-corrected chi connectivity index (χ1v) is 6.82. The van der Waals surface area contributed by atoms with Crippen LogP contribution in [-0.4, -0.2) is 8.41 Å². The third-order valence-corrected chi connectivity index (χ3v) is 4.09. The van der Waals surface area contributed by atoms with Gasteiger partial charge in [-0.2, -0.15) is 0 Å². The van der Waals surface area contributed by atoms with Gasteiger partial charge < -0.3 is 0 Å². The van der Waals surface area contributed by atoms with Crippen molar-refractivity contribution in [3.63, 3.8) is 0 Å². The molecule has 0 N–H and O–H groups in total. The first-order chi connectivity index (χ1) is 8.29. The Labute approximate surface area is 109 Å². The Morgan fingerprint density at radius 3 is 2.18 bits per heavy atom. The van der Waals surface area contributed by atoms with Crippen molar-refractivity contribution in [2.24, 2.45) is 0 Å². The van der Waals surface area contributed by atoms with Crippen LogP contribution in [-0.2, 0) is 11.3 Å². The smallest absolute Gasteiger partial charge is 0.113 e. The Morgan fingerprint density at radius 1 is 0.941 bits per heavy atom. The summed E-state index contributed by atoms with van der Waals surface area (Å²) in [5, 5.41) is 0. The second-order valence-electron chi connectivity index (χ2n) is 3.65. The van der Waals surface area contributed by atoms with E-state index in [9.17, 15) is 4.21 Å². The van der Waals surface area contributed by atoms with Crippen LogP contribution in [0.2, 0.25) is 0 Å². The van der Waals surface area contributed by atoms with Gasteiger partial charge in [0.1, 0.15) is 15.5 Å². The molecule has 0 radical (unpaired) electrons. The highest BCUT2D eigenvalue weighted by atomic mass is 32.2. The van der Waals surface area contributed by atoms with E-state index in [1.54, 1.807) is 0 Å². The van der Waals surface area contributed by atoms with Gasteiger partial charge in [0.2, 0.25) is 0 Å². The lowest BCUT2D eigenvalue weighted by Gasteiger charge is -2.03. The Kier molecular flexibility index (Phi) is 4.18. The van der Waals surface area contributed by atoms with Gasteiger partial charge in [-0.05, 0) is 19.1 Å². The summed E-state index contributed by atoms with van der Waals surface area (Å²) in [5.41, 5.74) is 2.19. The summed E-state index contributed by atoms with van der Waals surface area (Å²) in [6, 6.07) is 18.0. The second kappa shape index (κ2) is 5.84. The summed E-state index contributed by atoms with van der Waals surface area (Å²) in [6.07, 6.45) is 0. The molecule has 0 saturated carbocycles. The Balaban J connectivity index is 2.24. The maximum atomic E-state index is 11.2. The molecule has 0 aliphatic carbocycles. The van der Waals surface area contributed by atoms with E-state index in [4.69, 9.17) is 0 Å². The van der Waals surface area contributed by atoms with Gasteiger partial charge in [0, 0.05) is 10.5 Å². The molecule has 3 heteroatoms. The molecule has 0 fully saturated rings. The van der Waals surface area contributed by atoms with Crippen LogP contribution in [0.1, 0.15) is 11.1 Å². The molecular formula is C14H12OS2. The monoisotopic (exact) mass is 260 g/mol. The van der Waals surface area contributed by atoms with Crippen LogP contribution in [0.25, 0.3) is 0 Å². The molecule has 0 saturated heterocycles. The first-order valence-electron chi connectivity index (χ1n) is 5.26. The van der Waals surface area contributed by atoms with Crippen molar-refractivity contribution < 1.29 is 4.21 Å². The second-order valence-corrected chi connectivity index (χ2v) is 5.57. The topological polar surface area (TPSA) is 17.1 Å². The van der Waals surface area contributed by atoms with Crippen LogP contribution < -0.4 is 0 Å². The summed E-state index contributed by atoms with van der Waals surface area (Å²) in [6.45, 7) is 2.04. The minimum atomic E-state index is 0.553. The summed E-state index contributed by atoms with van der Waals surface area (Å²) in [4.78, 5) is 1.09. The molecule has 0 spiro atoms. The molecule has 0 unspecified atom stereocenters. The van der Waals surface area contributed by atoms with Gasteiger partial charge >= 0.3 is 0 Å². The molecule has 0 aliphatic rings. The number of hydrogen-bond donors (Lipinski definition) is 0. The van der Waals surface area contributed by atoms with Crippen LogP contribution in [0, 0.1) is 6.92 Å².